The number of carbonyl (C=O) groups excluding carboxylic acids is 3. The number of aromatic nitrogens is 2. The number of hydrogen-bond acceptors (Lipinski definition) is 6. The lowest BCUT2D eigenvalue weighted by molar-refractivity contribution is -0.134. The second-order valence-electron chi connectivity index (χ2n) is 13.0. The van der Waals surface area contributed by atoms with E-state index < -0.39 is 0 Å². The Labute approximate surface area is 252 Å². The second kappa shape index (κ2) is 11.0. The van der Waals surface area contributed by atoms with Gasteiger partial charge in [0.1, 0.15) is 0 Å². The minimum Gasteiger partial charge on any atom is -0.450 e. The van der Waals surface area contributed by atoms with Crippen LogP contribution in [-0.2, 0) is 34.2 Å². The summed E-state index contributed by atoms with van der Waals surface area (Å²) in [7, 11) is 1.93. The van der Waals surface area contributed by atoms with Crippen molar-refractivity contribution in [3.05, 3.63) is 58.8 Å². The van der Waals surface area contributed by atoms with Crippen LogP contribution in [0.15, 0.2) is 36.4 Å². The minimum absolute atomic E-state index is 0.168. The molecule has 9 heteroatoms. The quantitative estimate of drug-likeness (QED) is 0.443. The topological polar surface area (TPSA) is 96.8 Å². The summed E-state index contributed by atoms with van der Waals surface area (Å²) in [6.45, 7) is 5.88. The number of fused-ring (bicyclic) bond motifs is 2. The van der Waals surface area contributed by atoms with Gasteiger partial charge in [-0.15, -0.1) is 0 Å². The fraction of sp³-hybridized carbons (Fsp3) is 0.529. The summed E-state index contributed by atoms with van der Waals surface area (Å²) in [6, 6.07) is 13.7. The third-order valence-corrected chi connectivity index (χ3v) is 10.5. The molecule has 3 fully saturated rings. The SMILES string of the molecule is CCOC(=O)N1CCC2(CC1)Cc1ccc(C3CCN(c4ccc5c(C6CCC(=O)NC6=O)nn(C)c5c4)CC3)cc1C2. The molecule has 43 heavy (non-hydrogen) atoms. The van der Waals surface area contributed by atoms with Gasteiger partial charge in [0.05, 0.1) is 23.7 Å². The molecule has 1 N–H and O–H groups in total. The standard InChI is InChI=1S/C34H41N5O4/c1-3-43-33(42)39-16-12-34(13-17-39)20-24-5-4-23(18-25(24)21-34)22-10-14-38(15-11-22)26-6-7-27-29(19-26)37(2)36-31(27)28-8-9-30(40)35-32(28)41/h4-7,18-19,22,28H,3,8-17,20-21H2,1-2H3,(H,35,40,41). The van der Waals surface area contributed by atoms with Crippen molar-refractivity contribution >= 4 is 34.5 Å². The maximum absolute atomic E-state index is 12.5. The molecule has 1 unspecified atom stereocenters. The molecule has 4 heterocycles. The molecular weight excluding hydrogens is 542 g/mol. The van der Waals surface area contributed by atoms with Gasteiger partial charge < -0.3 is 14.5 Å². The van der Waals surface area contributed by atoms with Gasteiger partial charge in [0.2, 0.25) is 11.8 Å². The number of rotatable bonds is 4. The van der Waals surface area contributed by atoms with Crippen molar-refractivity contribution in [2.75, 3.05) is 37.7 Å². The van der Waals surface area contributed by atoms with E-state index in [9.17, 15) is 14.4 Å². The number of benzene rings is 2. The van der Waals surface area contributed by atoms with Gasteiger partial charge in [0, 0.05) is 50.7 Å². The van der Waals surface area contributed by atoms with Crippen LogP contribution >= 0.6 is 0 Å². The van der Waals surface area contributed by atoms with Crippen molar-refractivity contribution in [1.82, 2.24) is 20.0 Å². The molecule has 0 bridgehead atoms. The van der Waals surface area contributed by atoms with Crippen LogP contribution in [0, 0.1) is 5.41 Å². The van der Waals surface area contributed by atoms with Crippen LogP contribution in [0.25, 0.3) is 10.9 Å². The molecule has 1 atom stereocenters. The highest BCUT2D eigenvalue weighted by Crippen LogP contribution is 2.46. The molecule has 3 aliphatic heterocycles. The largest absolute Gasteiger partial charge is 0.450 e. The smallest absolute Gasteiger partial charge is 0.409 e. The van der Waals surface area contributed by atoms with E-state index >= 15 is 0 Å². The number of aryl methyl sites for hydroxylation is 1. The van der Waals surface area contributed by atoms with E-state index in [0.29, 0.717) is 25.4 Å². The van der Waals surface area contributed by atoms with Crippen molar-refractivity contribution in [2.24, 2.45) is 12.5 Å². The Kier molecular flexibility index (Phi) is 7.14. The van der Waals surface area contributed by atoms with E-state index in [1.165, 1.54) is 22.4 Å². The molecule has 3 saturated heterocycles. The lowest BCUT2D eigenvalue weighted by Gasteiger charge is -2.38. The van der Waals surface area contributed by atoms with Gasteiger partial charge in [-0.25, -0.2) is 4.79 Å². The lowest BCUT2D eigenvalue weighted by Crippen LogP contribution is -2.43. The zero-order valence-electron chi connectivity index (χ0n) is 25.2. The number of anilines is 1. The predicted octanol–water partition coefficient (Wildman–Crippen LogP) is 4.81. The monoisotopic (exact) mass is 583 g/mol. The van der Waals surface area contributed by atoms with Crippen LogP contribution in [0.1, 0.15) is 79.7 Å². The summed E-state index contributed by atoms with van der Waals surface area (Å²) < 4.78 is 7.09. The first kappa shape index (κ1) is 27.9. The molecule has 7 rings (SSSR count). The van der Waals surface area contributed by atoms with E-state index in [4.69, 9.17) is 9.84 Å². The van der Waals surface area contributed by atoms with E-state index in [2.05, 4.69) is 46.6 Å². The Hall–Kier alpha value is -3.88. The van der Waals surface area contributed by atoms with Gasteiger partial charge in [0.15, 0.2) is 0 Å². The maximum atomic E-state index is 12.5. The number of nitrogens with one attached hydrogen (secondary N) is 1. The molecular formula is C34H41N5O4. The molecule has 4 aliphatic rings. The highest BCUT2D eigenvalue weighted by Gasteiger charge is 2.41. The number of imide groups is 1. The Morgan fingerprint density at radius 1 is 1.00 bits per heavy atom. The Bertz CT molecular complexity index is 1580. The summed E-state index contributed by atoms with van der Waals surface area (Å²) >= 11 is 0. The molecule has 226 valence electrons. The van der Waals surface area contributed by atoms with Crippen LogP contribution in [0.2, 0.25) is 0 Å². The number of amides is 3. The number of ether oxygens (including phenoxy) is 1. The van der Waals surface area contributed by atoms with Crippen LogP contribution in [0.3, 0.4) is 0 Å². The fourth-order valence-electron chi connectivity index (χ4n) is 7.99. The zero-order valence-corrected chi connectivity index (χ0v) is 25.2. The van der Waals surface area contributed by atoms with Crippen LogP contribution in [-0.4, -0.2) is 65.4 Å². The first-order chi connectivity index (χ1) is 20.8. The van der Waals surface area contributed by atoms with Crippen molar-refractivity contribution in [1.29, 1.82) is 0 Å². The summed E-state index contributed by atoms with van der Waals surface area (Å²) in [4.78, 5) is 40.7. The highest BCUT2D eigenvalue weighted by atomic mass is 16.6. The fourth-order valence-corrected chi connectivity index (χ4v) is 7.99. The number of hydrogen-bond donors (Lipinski definition) is 1. The number of piperidine rings is 3. The number of carbonyl (C=O) groups is 3. The van der Waals surface area contributed by atoms with Crippen molar-refractivity contribution in [3.8, 4) is 0 Å². The predicted molar refractivity (Wildman–Crippen MR) is 164 cm³/mol. The van der Waals surface area contributed by atoms with Crippen molar-refractivity contribution in [3.63, 3.8) is 0 Å². The minimum atomic E-state index is -0.386. The number of likely N-dealkylation sites (tertiary alicyclic amines) is 1. The Morgan fingerprint density at radius 2 is 1.77 bits per heavy atom. The average molecular weight is 584 g/mol. The second-order valence-corrected chi connectivity index (χ2v) is 13.0. The van der Waals surface area contributed by atoms with E-state index in [-0.39, 0.29) is 29.2 Å². The summed E-state index contributed by atoms with van der Waals surface area (Å²) in [5.41, 5.74) is 7.72. The van der Waals surface area contributed by atoms with Crippen molar-refractivity contribution < 1.29 is 19.1 Å². The molecule has 0 saturated carbocycles. The molecule has 3 amide bonds. The van der Waals surface area contributed by atoms with Gasteiger partial charge in [0.25, 0.3) is 0 Å². The van der Waals surface area contributed by atoms with Crippen LogP contribution < -0.4 is 10.2 Å². The Morgan fingerprint density at radius 3 is 2.51 bits per heavy atom. The normalized spacial score (nSPS) is 22.2. The first-order valence-electron chi connectivity index (χ1n) is 15.9. The summed E-state index contributed by atoms with van der Waals surface area (Å²) in [5, 5.41) is 8.16. The average Bonchev–Trinajstić information content (AvgIpc) is 3.53. The first-order valence-corrected chi connectivity index (χ1v) is 15.9. The maximum Gasteiger partial charge on any atom is 0.409 e. The summed E-state index contributed by atoms with van der Waals surface area (Å²) in [6.07, 6.45) is 7.25. The molecule has 1 spiro atoms. The van der Waals surface area contributed by atoms with Gasteiger partial charge in [-0.2, -0.15) is 5.10 Å². The highest BCUT2D eigenvalue weighted by molar-refractivity contribution is 6.02. The van der Waals surface area contributed by atoms with E-state index in [1.807, 2.05) is 23.6 Å². The van der Waals surface area contributed by atoms with Gasteiger partial charge in [-0.05, 0) is 98.1 Å². The van der Waals surface area contributed by atoms with Crippen LogP contribution in [0.5, 0.6) is 0 Å². The molecule has 0 radical (unpaired) electrons. The van der Waals surface area contributed by atoms with Gasteiger partial charge >= 0.3 is 6.09 Å². The third-order valence-electron chi connectivity index (χ3n) is 10.5. The number of nitrogens with zero attached hydrogens (tertiary/aromatic N) is 4. The molecule has 1 aromatic heterocycles. The molecule has 9 nitrogen and oxygen atoms in total. The van der Waals surface area contributed by atoms with Gasteiger partial charge in [-0.3, -0.25) is 19.6 Å². The van der Waals surface area contributed by atoms with Crippen molar-refractivity contribution in [2.45, 2.75) is 70.1 Å². The molecule has 3 aromatic rings. The molecule has 1 aliphatic carbocycles. The third kappa shape index (κ3) is 5.17. The summed E-state index contributed by atoms with van der Waals surface area (Å²) in [5.74, 6) is -0.279. The molecule has 2 aromatic carbocycles. The van der Waals surface area contributed by atoms with Gasteiger partial charge in [-0.1, -0.05) is 18.2 Å². The zero-order chi connectivity index (χ0) is 29.7. The lowest BCUT2D eigenvalue weighted by atomic mass is 9.76. The van der Waals surface area contributed by atoms with E-state index in [1.54, 1.807) is 0 Å². The van der Waals surface area contributed by atoms with Crippen LogP contribution in [0.4, 0.5) is 10.5 Å². The Balaban J connectivity index is 0.994. The van der Waals surface area contributed by atoms with E-state index in [0.717, 1.165) is 81.3 Å².